The van der Waals surface area contributed by atoms with Gasteiger partial charge in [0.1, 0.15) is 0 Å². The number of hydrogen-bond donors (Lipinski definition) is 1. The van der Waals surface area contributed by atoms with E-state index in [0.29, 0.717) is 0 Å². The van der Waals surface area contributed by atoms with Gasteiger partial charge in [0.05, 0.1) is 4.83 Å². The van der Waals surface area contributed by atoms with Gasteiger partial charge in [-0.05, 0) is 0 Å². The molecule has 0 aromatic carbocycles. The zero-order valence-corrected chi connectivity index (χ0v) is 4.70. The van der Waals surface area contributed by atoms with Crippen LogP contribution in [0.2, 0.25) is 0 Å². The lowest BCUT2D eigenvalue weighted by Gasteiger charge is -2.26. The highest BCUT2D eigenvalue weighted by molar-refractivity contribution is 9.09. The standard InChI is InChI=1S/C3H5BrFN/c4-2-1-6-3(2)5/h2-3,6H,1H2/t2-,3?/m1/s1. The van der Waals surface area contributed by atoms with Crippen molar-refractivity contribution in [1.82, 2.24) is 5.32 Å². The van der Waals surface area contributed by atoms with Gasteiger partial charge in [0, 0.05) is 6.54 Å². The lowest BCUT2D eigenvalue weighted by molar-refractivity contribution is 0.198. The maximum Gasteiger partial charge on any atom is 0.165 e. The van der Waals surface area contributed by atoms with Gasteiger partial charge >= 0.3 is 0 Å². The molecule has 1 aliphatic rings. The zero-order chi connectivity index (χ0) is 4.57. The summed E-state index contributed by atoms with van der Waals surface area (Å²) in [5.74, 6) is 0. The van der Waals surface area contributed by atoms with E-state index in [-0.39, 0.29) is 4.83 Å². The lowest BCUT2D eigenvalue weighted by Crippen LogP contribution is -2.50. The van der Waals surface area contributed by atoms with Crippen LogP contribution in [0.15, 0.2) is 0 Å². The molecule has 1 aliphatic heterocycles. The molecule has 1 nitrogen and oxygen atoms in total. The molecule has 0 spiro atoms. The Morgan fingerprint density at radius 3 is 2.33 bits per heavy atom. The Balaban J connectivity index is 2.20. The second-order valence-electron chi connectivity index (χ2n) is 1.33. The summed E-state index contributed by atoms with van der Waals surface area (Å²) in [6.07, 6.45) is -0.801. The lowest BCUT2D eigenvalue weighted by atomic mass is 10.3. The Labute approximate surface area is 44.0 Å². The van der Waals surface area contributed by atoms with Crippen molar-refractivity contribution in [1.29, 1.82) is 0 Å². The maximum atomic E-state index is 11.8. The van der Waals surface area contributed by atoms with Crippen molar-refractivity contribution in [3.63, 3.8) is 0 Å². The average Bonchev–Trinajstić information content (AvgIpc) is 1.61. The van der Waals surface area contributed by atoms with Crippen molar-refractivity contribution >= 4 is 15.9 Å². The largest absolute Gasteiger partial charge is 0.286 e. The topological polar surface area (TPSA) is 12.0 Å². The third kappa shape index (κ3) is 0.565. The summed E-state index contributed by atoms with van der Waals surface area (Å²) in [4.78, 5) is 0.0671. The third-order valence-corrected chi connectivity index (χ3v) is 1.61. The van der Waals surface area contributed by atoms with Gasteiger partial charge in [0.2, 0.25) is 0 Å². The van der Waals surface area contributed by atoms with Gasteiger partial charge in [-0.2, -0.15) is 0 Å². The van der Waals surface area contributed by atoms with Crippen LogP contribution in [0.3, 0.4) is 0 Å². The van der Waals surface area contributed by atoms with Crippen LogP contribution in [0.1, 0.15) is 0 Å². The summed E-state index contributed by atoms with van der Waals surface area (Å²) < 4.78 is 11.8. The molecule has 0 bridgehead atoms. The summed E-state index contributed by atoms with van der Waals surface area (Å²) in [5, 5.41) is 2.54. The quantitative estimate of drug-likeness (QED) is 0.399. The number of alkyl halides is 2. The van der Waals surface area contributed by atoms with Crippen molar-refractivity contribution in [3.05, 3.63) is 0 Å². The van der Waals surface area contributed by atoms with E-state index in [1.54, 1.807) is 0 Å². The number of rotatable bonds is 0. The Hall–Kier alpha value is 0.370. The molecule has 1 rings (SSSR count). The molecule has 2 atom stereocenters. The fourth-order valence-electron chi connectivity index (χ4n) is 0.296. The van der Waals surface area contributed by atoms with E-state index in [4.69, 9.17) is 0 Å². The molecule has 1 N–H and O–H groups in total. The van der Waals surface area contributed by atoms with E-state index in [1.165, 1.54) is 0 Å². The van der Waals surface area contributed by atoms with Crippen LogP contribution in [0.25, 0.3) is 0 Å². The molecule has 0 radical (unpaired) electrons. The van der Waals surface area contributed by atoms with E-state index in [1.807, 2.05) is 0 Å². The maximum absolute atomic E-state index is 11.8. The van der Waals surface area contributed by atoms with Crippen LogP contribution in [-0.4, -0.2) is 17.7 Å². The normalized spacial score (nSPS) is 45.0. The molecule has 0 aromatic heterocycles. The second-order valence-corrected chi connectivity index (χ2v) is 2.50. The van der Waals surface area contributed by atoms with Crippen LogP contribution >= 0.6 is 15.9 Å². The SMILES string of the molecule is FC1NC[C@H]1Br. The van der Waals surface area contributed by atoms with Gasteiger partial charge in [0.25, 0.3) is 0 Å². The van der Waals surface area contributed by atoms with Crippen molar-refractivity contribution in [2.24, 2.45) is 0 Å². The van der Waals surface area contributed by atoms with E-state index in [0.717, 1.165) is 6.54 Å². The average molecular weight is 154 g/mol. The zero-order valence-electron chi connectivity index (χ0n) is 3.12. The fourth-order valence-corrected chi connectivity index (χ4v) is 0.670. The predicted octanol–water partition coefficient (Wildman–Crippen LogP) is 0.649. The van der Waals surface area contributed by atoms with E-state index >= 15 is 0 Å². The van der Waals surface area contributed by atoms with Crippen molar-refractivity contribution in [2.75, 3.05) is 6.54 Å². The minimum atomic E-state index is -0.801. The predicted molar refractivity (Wildman–Crippen MR) is 25.6 cm³/mol. The molecule has 0 aliphatic carbocycles. The second kappa shape index (κ2) is 1.46. The Morgan fingerprint density at radius 1 is 1.83 bits per heavy atom. The van der Waals surface area contributed by atoms with E-state index < -0.39 is 6.30 Å². The van der Waals surface area contributed by atoms with Gasteiger partial charge < -0.3 is 0 Å². The van der Waals surface area contributed by atoms with Crippen LogP contribution in [0.5, 0.6) is 0 Å². The molecular formula is C3H5BrFN. The molecule has 0 saturated carbocycles. The third-order valence-electron chi connectivity index (χ3n) is 0.825. The minimum Gasteiger partial charge on any atom is -0.286 e. The molecule has 3 heteroatoms. The van der Waals surface area contributed by atoms with Crippen molar-refractivity contribution in [2.45, 2.75) is 11.1 Å². The molecular weight excluding hydrogens is 149 g/mol. The monoisotopic (exact) mass is 153 g/mol. The van der Waals surface area contributed by atoms with E-state index in [2.05, 4.69) is 21.2 Å². The molecule has 1 heterocycles. The minimum absolute atomic E-state index is 0.0671. The van der Waals surface area contributed by atoms with Crippen LogP contribution in [0, 0.1) is 0 Å². The highest BCUT2D eigenvalue weighted by Crippen LogP contribution is 2.13. The summed E-state index contributed by atoms with van der Waals surface area (Å²) in [6.45, 7) is 0.765. The highest BCUT2D eigenvalue weighted by Gasteiger charge is 2.26. The van der Waals surface area contributed by atoms with Gasteiger partial charge in [-0.15, -0.1) is 0 Å². The van der Waals surface area contributed by atoms with Crippen LogP contribution in [-0.2, 0) is 0 Å². The van der Waals surface area contributed by atoms with Crippen molar-refractivity contribution in [3.8, 4) is 0 Å². The van der Waals surface area contributed by atoms with E-state index in [9.17, 15) is 4.39 Å². The molecule has 36 valence electrons. The summed E-state index contributed by atoms with van der Waals surface area (Å²) in [5.41, 5.74) is 0. The first-order valence-electron chi connectivity index (χ1n) is 1.82. The number of hydrogen-bond acceptors (Lipinski definition) is 1. The van der Waals surface area contributed by atoms with Gasteiger partial charge in [-0.1, -0.05) is 15.9 Å². The summed E-state index contributed by atoms with van der Waals surface area (Å²) in [6, 6.07) is 0. The number of halogens is 2. The highest BCUT2D eigenvalue weighted by atomic mass is 79.9. The molecule has 6 heavy (non-hydrogen) atoms. The molecule has 1 fully saturated rings. The molecule has 1 saturated heterocycles. The smallest absolute Gasteiger partial charge is 0.165 e. The Bertz CT molecular complexity index is 50.8. The number of nitrogens with one attached hydrogen (secondary N) is 1. The fraction of sp³-hybridized carbons (Fsp3) is 1.00. The van der Waals surface area contributed by atoms with Gasteiger partial charge in [-0.25, -0.2) is 4.39 Å². The molecule has 0 aromatic rings. The molecule has 1 unspecified atom stereocenters. The van der Waals surface area contributed by atoms with Crippen molar-refractivity contribution < 1.29 is 4.39 Å². The summed E-state index contributed by atoms with van der Waals surface area (Å²) in [7, 11) is 0. The Morgan fingerprint density at radius 2 is 2.33 bits per heavy atom. The first-order chi connectivity index (χ1) is 2.80. The first kappa shape index (κ1) is 4.53. The van der Waals surface area contributed by atoms with Crippen LogP contribution < -0.4 is 5.32 Å². The van der Waals surface area contributed by atoms with Crippen LogP contribution in [0.4, 0.5) is 4.39 Å². The summed E-state index contributed by atoms with van der Waals surface area (Å²) >= 11 is 3.09. The van der Waals surface area contributed by atoms with Gasteiger partial charge in [0.15, 0.2) is 6.30 Å². The Kier molecular flexibility index (Phi) is 1.10. The first-order valence-corrected chi connectivity index (χ1v) is 2.74. The van der Waals surface area contributed by atoms with Gasteiger partial charge in [-0.3, -0.25) is 5.32 Å². The molecule has 0 amide bonds.